The molecule has 0 radical (unpaired) electrons. The predicted molar refractivity (Wildman–Crippen MR) is 88.8 cm³/mol. The molecule has 2 nitrogen and oxygen atoms in total. The number of rotatable bonds is 5. The third-order valence-electron chi connectivity index (χ3n) is 4.33. The number of hydrogen-bond acceptors (Lipinski definition) is 2. The van der Waals surface area contributed by atoms with Crippen LogP contribution >= 0.6 is 0 Å². The molecule has 23 heavy (non-hydrogen) atoms. The van der Waals surface area contributed by atoms with E-state index in [1.165, 1.54) is 17.5 Å². The first-order valence-electron chi connectivity index (χ1n) is 7.62. The van der Waals surface area contributed by atoms with E-state index in [1.54, 1.807) is 0 Å². The van der Waals surface area contributed by atoms with Crippen molar-refractivity contribution in [3.8, 4) is 6.07 Å². The van der Waals surface area contributed by atoms with Gasteiger partial charge in [0.15, 0.2) is 0 Å². The van der Waals surface area contributed by atoms with Gasteiger partial charge in [0.05, 0.1) is 0 Å². The quantitative estimate of drug-likeness (QED) is 0.573. The first kappa shape index (κ1) is 16.2. The summed E-state index contributed by atoms with van der Waals surface area (Å²) in [5, 5.41) is 10.3. The molecule has 2 aromatic carbocycles. The maximum atomic E-state index is 13.3. The third-order valence-corrected chi connectivity index (χ3v) is 5.79. The summed E-state index contributed by atoms with van der Waals surface area (Å²) < 4.78 is 19.6. The van der Waals surface area contributed by atoms with Crippen LogP contribution in [0.3, 0.4) is 0 Å². The average molecular weight is 374 g/mol. The minimum atomic E-state index is -0.512. The molecule has 2 aromatic rings. The van der Waals surface area contributed by atoms with Crippen molar-refractivity contribution in [2.24, 2.45) is 0 Å². The molecular weight excluding hydrogens is 356 g/mol. The molecular formula is C19H18FNOSe. The van der Waals surface area contributed by atoms with Crippen LogP contribution in [0.5, 0.6) is 0 Å². The van der Waals surface area contributed by atoms with Gasteiger partial charge in [-0.2, -0.15) is 0 Å². The second kappa shape index (κ2) is 6.84. The predicted octanol–water partition coefficient (Wildman–Crippen LogP) is 4.42. The second-order valence-corrected chi connectivity index (χ2v) is 7.77. The molecule has 0 aliphatic carbocycles. The Balaban J connectivity index is 2.05. The Morgan fingerprint density at radius 1 is 1.26 bits per heavy atom. The fourth-order valence-electron chi connectivity index (χ4n) is 3.23. The molecule has 0 N–H and O–H groups in total. The van der Waals surface area contributed by atoms with E-state index in [4.69, 9.17) is 10.00 Å². The molecule has 0 saturated carbocycles. The molecule has 0 fully saturated rings. The number of benzene rings is 2. The summed E-state index contributed by atoms with van der Waals surface area (Å²) >= 11 is 0.635. The molecule has 1 unspecified atom stereocenters. The van der Waals surface area contributed by atoms with E-state index in [9.17, 15) is 4.39 Å². The number of nitrogens with zero attached hydrogens (tertiary/aromatic N) is 1. The molecule has 1 aliphatic heterocycles. The van der Waals surface area contributed by atoms with Crippen LogP contribution in [0.2, 0.25) is 11.1 Å². The van der Waals surface area contributed by atoms with Crippen LogP contribution < -0.4 is 0 Å². The van der Waals surface area contributed by atoms with E-state index < -0.39 is 5.60 Å². The Morgan fingerprint density at radius 3 is 2.74 bits per heavy atom. The van der Waals surface area contributed by atoms with Crippen molar-refractivity contribution in [3.05, 3.63) is 70.5 Å². The van der Waals surface area contributed by atoms with Crippen LogP contribution in [0.25, 0.3) is 0 Å². The maximum absolute atomic E-state index is 13.3. The monoisotopic (exact) mass is 375 g/mol. The van der Waals surface area contributed by atoms with E-state index in [-0.39, 0.29) is 5.82 Å². The van der Waals surface area contributed by atoms with Gasteiger partial charge in [-0.25, -0.2) is 0 Å². The summed E-state index contributed by atoms with van der Waals surface area (Å²) in [5.41, 5.74) is 3.31. The molecule has 0 saturated heterocycles. The summed E-state index contributed by atoms with van der Waals surface area (Å²) in [6.45, 7) is 0.500. The van der Waals surface area contributed by atoms with Gasteiger partial charge < -0.3 is 0 Å². The standard InChI is InChI=1S/C19H18FNOSe/c1-23-10-2-9-19(16-4-6-17(20)7-5-16)18-8-3-14(12-21)11-15(18)13-22-19/h3-8,11H,2,9-10,13H2,1H3. The third kappa shape index (κ3) is 3.05. The van der Waals surface area contributed by atoms with Gasteiger partial charge in [-0.15, -0.1) is 0 Å². The van der Waals surface area contributed by atoms with E-state index in [0.29, 0.717) is 27.1 Å². The minimum absolute atomic E-state index is 0.237. The molecule has 4 heteroatoms. The first-order valence-corrected chi connectivity index (χ1v) is 10.5. The van der Waals surface area contributed by atoms with Crippen LogP contribution in [0.4, 0.5) is 4.39 Å². The molecule has 0 spiro atoms. The summed E-state index contributed by atoms with van der Waals surface area (Å²) in [7, 11) is 0. The molecule has 0 amide bonds. The SMILES string of the molecule is C[Se]CCCC1(c2ccc(F)cc2)OCc2cc(C#N)ccc21. The summed E-state index contributed by atoms with van der Waals surface area (Å²) in [4.78, 5) is 0. The van der Waals surface area contributed by atoms with Crippen LogP contribution in [0.15, 0.2) is 42.5 Å². The Morgan fingerprint density at radius 2 is 2.04 bits per heavy atom. The number of fused-ring (bicyclic) bond motifs is 1. The average Bonchev–Trinajstić information content (AvgIpc) is 2.95. The van der Waals surface area contributed by atoms with Crippen LogP contribution in [-0.2, 0) is 16.9 Å². The molecule has 3 rings (SSSR count). The van der Waals surface area contributed by atoms with Crippen molar-refractivity contribution < 1.29 is 9.13 Å². The van der Waals surface area contributed by atoms with E-state index in [0.717, 1.165) is 29.5 Å². The second-order valence-electron chi connectivity index (χ2n) is 5.70. The van der Waals surface area contributed by atoms with Gasteiger partial charge in [0.25, 0.3) is 0 Å². The van der Waals surface area contributed by atoms with Gasteiger partial charge in [0.1, 0.15) is 0 Å². The zero-order valence-corrected chi connectivity index (χ0v) is 14.7. The molecule has 118 valence electrons. The van der Waals surface area contributed by atoms with Crippen molar-refractivity contribution in [1.29, 1.82) is 5.26 Å². The number of nitriles is 1. The summed E-state index contributed by atoms with van der Waals surface area (Å²) in [5.74, 6) is 2.00. The Hall–Kier alpha value is -1.66. The van der Waals surface area contributed by atoms with Gasteiger partial charge >= 0.3 is 142 Å². The van der Waals surface area contributed by atoms with E-state index in [2.05, 4.69) is 11.9 Å². The number of halogens is 1. The van der Waals surface area contributed by atoms with Gasteiger partial charge in [0.2, 0.25) is 0 Å². The summed E-state index contributed by atoms with van der Waals surface area (Å²) in [6.07, 6.45) is 1.96. The normalized spacial score (nSPS) is 19.3. The Bertz CT molecular complexity index is 738. The molecule has 0 aromatic heterocycles. The first-order chi connectivity index (χ1) is 11.2. The van der Waals surface area contributed by atoms with Gasteiger partial charge in [0, 0.05) is 0 Å². The van der Waals surface area contributed by atoms with Gasteiger partial charge in [-0.1, -0.05) is 0 Å². The van der Waals surface area contributed by atoms with Gasteiger partial charge in [-0.05, 0) is 0 Å². The zero-order chi connectivity index (χ0) is 16.3. The van der Waals surface area contributed by atoms with E-state index in [1.807, 2.05) is 30.3 Å². The molecule has 1 atom stereocenters. The number of hydrogen-bond donors (Lipinski definition) is 0. The topological polar surface area (TPSA) is 33.0 Å². The van der Waals surface area contributed by atoms with Crippen molar-refractivity contribution in [1.82, 2.24) is 0 Å². The summed E-state index contributed by atoms with van der Waals surface area (Å²) in [6, 6.07) is 14.6. The van der Waals surface area contributed by atoms with Crippen molar-refractivity contribution >= 4 is 15.0 Å². The van der Waals surface area contributed by atoms with Crippen LogP contribution in [0.1, 0.15) is 35.1 Å². The fourth-order valence-corrected chi connectivity index (χ4v) is 4.14. The van der Waals surface area contributed by atoms with E-state index >= 15 is 0 Å². The fraction of sp³-hybridized carbons (Fsp3) is 0.316. The Kier molecular flexibility index (Phi) is 4.82. The molecule has 0 bridgehead atoms. The van der Waals surface area contributed by atoms with Crippen LogP contribution in [-0.4, -0.2) is 15.0 Å². The van der Waals surface area contributed by atoms with Crippen molar-refractivity contribution in [2.75, 3.05) is 0 Å². The molecule has 1 heterocycles. The molecule has 1 aliphatic rings. The Labute approximate surface area is 142 Å². The van der Waals surface area contributed by atoms with Crippen molar-refractivity contribution in [2.45, 2.75) is 36.2 Å². The van der Waals surface area contributed by atoms with Crippen LogP contribution in [0, 0.1) is 17.1 Å². The number of ether oxygens (including phenoxy) is 1. The zero-order valence-electron chi connectivity index (χ0n) is 13.0. The van der Waals surface area contributed by atoms with Gasteiger partial charge in [-0.3, -0.25) is 0 Å². The van der Waals surface area contributed by atoms with Crippen molar-refractivity contribution in [3.63, 3.8) is 0 Å².